The lowest BCUT2D eigenvalue weighted by atomic mass is 10.0. The largest absolute Gasteiger partial charge is 0.497 e. The van der Waals surface area contributed by atoms with Crippen LogP contribution in [-0.4, -0.2) is 50.0 Å². The number of anilines is 2. The van der Waals surface area contributed by atoms with Crippen molar-refractivity contribution in [3.05, 3.63) is 66.2 Å². The summed E-state index contributed by atoms with van der Waals surface area (Å²) in [6.45, 7) is 2.97. The number of hydrogen-bond acceptors (Lipinski definition) is 4. The van der Waals surface area contributed by atoms with Crippen LogP contribution < -0.4 is 15.0 Å². The summed E-state index contributed by atoms with van der Waals surface area (Å²) in [7, 11) is 1.67. The predicted octanol–water partition coefficient (Wildman–Crippen LogP) is 4.55. The van der Waals surface area contributed by atoms with Crippen LogP contribution in [0.4, 0.5) is 11.4 Å². The fourth-order valence-electron chi connectivity index (χ4n) is 4.44. The van der Waals surface area contributed by atoms with Crippen LogP contribution >= 0.6 is 0 Å². The van der Waals surface area contributed by atoms with E-state index in [-0.39, 0.29) is 17.7 Å². The van der Waals surface area contributed by atoms with Crippen LogP contribution in [-0.2, 0) is 4.79 Å². The van der Waals surface area contributed by atoms with Crippen molar-refractivity contribution in [2.75, 3.05) is 43.5 Å². The Balaban J connectivity index is 1.37. The van der Waals surface area contributed by atoms with Gasteiger partial charge in [-0.15, -0.1) is 0 Å². The highest BCUT2D eigenvalue weighted by atomic mass is 16.5. The number of benzene rings is 3. The number of carbonyl (C=O) groups is 2. The molecular formula is C27H29N3O3. The lowest BCUT2D eigenvalue weighted by Crippen LogP contribution is -2.35. The monoisotopic (exact) mass is 443 g/mol. The second kappa shape index (κ2) is 9.14. The molecule has 1 saturated heterocycles. The van der Waals surface area contributed by atoms with E-state index in [1.807, 2.05) is 53.4 Å². The van der Waals surface area contributed by atoms with Crippen molar-refractivity contribution in [3.8, 4) is 5.75 Å². The third kappa shape index (κ3) is 4.65. The van der Waals surface area contributed by atoms with E-state index in [1.165, 1.54) is 0 Å². The first-order chi connectivity index (χ1) is 16.1. The number of rotatable bonds is 5. The zero-order valence-corrected chi connectivity index (χ0v) is 18.9. The van der Waals surface area contributed by atoms with E-state index in [1.54, 1.807) is 7.11 Å². The van der Waals surface area contributed by atoms with Crippen molar-refractivity contribution >= 4 is 34.0 Å². The van der Waals surface area contributed by atoms with Crippen LogP contribution in [0.3, 0.4) is 0 Å². The fourth-order valence-corrected chi connectivity index (χ4v) is 4.44. The van der Waals surface area contributed by atoms with Crippen molar-refractivity contribution in [3.63, 3.8) is 0 Å². The van der Waals surface area contributed by atoms with E-state index in [4.69, 9.17) is 4.74 Å². The molecule has 2 amide bonds. The summed E-state index contributed by atoms with van der Waals surface area (Å²) in [6.07, 6.45) is 2.74. The topological polar surface area (TPSA) is 61.9 Å². The molecule has 1 heterocycles. The van der Waals surface area contributed by atoms with Gasteiger partial charge in [0.15, 0.2) is 0 Å². The Kier molecular flexibility index (Phi) is 5.90. The maximum absolute atomic E-state index is 13.7. The van der Waals surface area contributed by atoms with Gasteiger partial charge in [0.2, 0.25) is 5.91 Å². The molecule has 0 radical (unpaired) electrons. The summed E-state index contributed by atoms with van der Waals surface area (Å²) in [4.78, 5) is 30.4. The van der Waals surface area contributed by atoms with Crippen molar-refractivity contribution < 1.29 is 14.3 Å². The number of ether oxygens (including phenoxy) is 1. The maximum Gasteiger partial charge on any atom is 0.256 e. The van der Waals surface area contributed by atoms with Crippen molar-refractivity contribution in [1.82, 2.24) is 4.90 Å². The van der Waals surface area contributed by atoms with E-state index in [0.717, 1.165) is 54.6 Å². The van der Waals surface area contributed by atoms with Gasteiger partial charge in [0, 0.05) is 37.8 Å². The molecule has 3 aromatic rings. The Hall–Kier alpha value is -3.54. The molecular weight excluding hydrogens is 414 g/mol. The Bertz CT molecular complexity index is 1170. The molecule has 2 fully saturated rings. The molecule has 0 aromatic heterocycles. The number of nitrogens with zero attached hydrogens (tertiary/aromatic N) is 2. The number of nitrogens with one attached hydrogen (secondary N) is 1. The molecule has 1 saturated carbocycles. The van der Waals surface area contributed by atoms with E-state index >= 15 is 0 Å². The minimum absolute atomic E-state index is 0.0147. The Labute approximate surface area is 194 Å². The molecule has 3 aromatic carbocycles. The molecule has 0 bridgehead atoms. The number of hydrogen-bond donors (Lipinski definition) is 1. The molecule has 1 N–H and O–H groups in total. The normalized spacial score (nSPS) is 16.4. The molecule has 6 nitrogen and oxygen atoms in total. The van der Waals surface area contributed by atoms with Gasteiger partial charge in [-0.3, -0.25) is 9.59 Å². The predicted molar refractivity (Wildman–Crippen MR) is 131 cm³/mol. The van der Waals surface area contributed by atoms with Gasteiger partial charge in [-0.2, -0.15) is 0 Å². The molecule has 6 heteroatoms. The van der Waals surface area contributed by atoms with Gasteiger partial charge < -0.3 is 19.9 Å². The zero-order chi connectivity index (χ0) is 22.8. The van der Waals surface area contributed by atoms with Gasteiger partial charge in [0.05, 0.1) is 18.4 Å². The van der Waals surface area contributed by atoms with Crippen LogP contribution in [0.2, 0.25) is 0 Å². The minimum atomic E-state index is -0.0246. The summed E-state index contributed by atoms with van der Waals surface area (Å²) in [5.74, 6) is 0.905. The van der Waals surface area contributed by atoms with Crippen LogP contribution in [0.25, 0.3) is 10.8 Å². The molecule has 5 rings (SSSR count). The standard InChI is InChI=1S/C27H29N3O3/c1-33-23-11-9-22(10-12-23)29-13-4-14-30(16-15-29)27(32)24-17-20-5-2-3-6-21(20)18-25(24)28-26(31)19-7-8-19/h2-3,5-6,9-12,17-19H,4,7-8,13-16H2,1H3,(H,28,31). The average Bonchev–Trinajstić information content (AvgIpc) is 3.71. The van der Waals surface area contributed by atoms with Gasteiger partial charge in [-0.25, -0.2) is 0 Å². The van der Waals surface area contributed by atoms with Gasteiger partial charge in [0.25, 0.3) is 5.91 Å². The Morgan fingerprint density at radius 2 is 1.64 bits per heavy atom. The Morgan fingerprint density at radius 3 is 2.33 bits per heavy atom. The molecule has 0 atom stereocenters. The summed E-state index contributed by atoms with van der Waals surface area (Å²) in [6, 6.07) is 19.9. The first kappa shape index (κ1) is 21.3. The smallest absolute Gasteiger partial charge is 0.256 e. The van der Waals surface area contributed by atoms with Gasteiger partial charge in [-0.1, -0.05) is 24.3 Å². The highest BCUT2D eigenvalue weighted by Gasteiger charge is 2.31. The molecule has 0 spiro atoms. The molecule has 2 aliphatic rings. The third-order valence-electron chi connectivity index (χ3n) is 6.54. The summed E-state index contributed by atoms with van der Waals surface area (Å²) in [5.41, 5.74) is 2.32. The minimum Gasteiger partial charge on any atom is -0.497 e. The number of methoxy groups -OCH3 is 1. The fraction of sp³-hybridized carbons (Fsp3) is 0.333. The van der Waals surface area contributed by atoms with E-state index < -0.39 is 0 Å². The lowest BCUT2D eigenvalue weighted by molar-refractivity contribution is -0.117. The highest BCUT2D eigenvalue weighted by Crippen LogP contribution is 2.32. The zero-order valence-electron chi connectivity index (χ0n) is 18.9. The van der Waals surface area contributed by atoms with Crippen LogP contribution in [0, 0.1) is 5.92 Å². The van der Waals surface area contributed by atoms with Crippen LogP contribution in [0.1, 0.15) is 29.6 Å². The molecule has 33 heavy (non-hydrogen) atoms. The maximum atomic E-state index is 13.7. The molecule has 0 unspecified atom stereocenters. The van der Waals surface area contributed by atoms with Crippen molar-refractivity contribution in [2.24, 2.45) is 5.92 Å². The number of fused-ring (bicyclic) bond motifs is 1. The SMILES string of the molecule is COc1ccc(N2CCCN(C(=O)c3cc4ccccc4cc3NC(=O)C3CC3)CC2)cc1. The van der Waals surface area contributed by atoms with E-state index in [9.17, 15) is 9.59 Å². The summed E-state index contributed by atoms with van der Waals surface area (Å²) >= 11 is 0. The molecule has 170 valence electrons. The summed E-state index contributed by atoms with van der Waals surface area (Å²) < 4.78 is 5.27. The number of amides is 2. The van der Waals surface area contributed by atoms with Gasteiger partial charge >= 0.3 is 0 Å². The van der Waals surface area contributed by atoms with Crippen molar-refractivity contribution in [2.45, 2.75) is 19.3 Å². The second-order valence-corrected chi connectivity index (χ2v) is 8.84. The van der Waals surface area contributed by atoms with Crippen LogP contribution in [0.15, 0.2) is 60.7 Å². The van der Waals surface area contributed by atoms with Crippen molar-refractivity contribution in [1.29, 1.82) is 0 Å². The third-order valence-corrected chi connectivity index (χ3v) is 6.54. The number of carbonyl (C=O) groups excluding carboxylic acids is 2. The van der Waals surface area contributed by atoms with Gasteiger partial charge in [0.1, 0.15) is 5.75 Å². The second-order valence-electron chi connectivity index (χ2n) is 8.84. The Morgan fingerprint density at radius 1 is 0.909 bits per heavy atom. The summed E-state index contributed by atoms with van der Waals surface area (Å²) in [5, 5.41) is 5.05. The quantitative estimate of drug-likeness (QED) is 0.629. The van der Waals surface area contributed by atoms with Gasteiger partial charge in [-0.05, 0) is 66.4 Å². The van der Waals surface area contributed by atoms with E-state index in [2.05, 4.69) is 22.3 Å². The highest BCUT2D eigenvalue weighted by molar-refractivity contribution is 6.08. The van der Waals surface area contributed by atoms with Crippen LogP contribution in [0.5, 0.6) is 5.75 Å². The first-order valence-corrected chi connectivity index (χ1v) is 11.6. The molecule has 1 aliphatic heterocycles. The lowest BCUT2D eigenvalue weighted by Gasteiger charge is -2.24. The molecule has 1 aliphatic carbocycles. The van der Waals surface area contributed by atoms with E-state index in [0.29, 0.717) is 24.3 Å². The first-order valence-electron chi connectivity index (χ1n) is 11.6. The average molecular weight is 444 g/mol.